The Kier molecular flexibility index (Phi) is 4.62. The molecule has 106 valence electrons. The quantitative estimate of drug-likeness (QED) is 0.886. The summed E-state index contributed by atoms with van der Waals surface area (Å²) in [6.45, 7) is 2.66. The van der Waals surface area contributed by atoms with Crippen molar-refractivity contribution in [3.63, 3.8) is 0 Å². The number of aromatic nitrogens is 3. The Bertz CT molecular complexity index is 608. The van der Waals surface area contributed by atoms with Crippen LogP contribution in [-0.4, -0.2) is 21.5 Å². The molecule has 2 aromatic rings. The van der Waals surface area contributed by atoms with Crippen molar-refractivity contribution in [2.75, 3.05) is 17.2 Å². The lowest BCUT2D eigenvalue weighted by Crippen LogP contribution is -2.08. The lowest BCUT2D eigenvalue weighted by atomic mass is 10.3. The maximum absolute atomic E-state index is 13.5. The van der Waals surface area contributed by atoms with Crippen LogP contribution in [0.4, 0.5) is 26.4 Å². The third-order valence-corrected chi connectivity index (χ3v) is 2.49. The molecule has 0 saturated heterocycles. The molecule has 1 aromatic heterocycles. The Morgan fingerprint density at radius 2 is 1.90 bits per heavy atom. The molecule has 8 heteroatoms. The van der Waals surface area contributed by atoms with Gasteiger partial charge in [0.15, 0.2) is 0 Å². The molecule has 2 rings (SSSR count). The van der Waals surface area contributed by atoms with Gasteiger partial charge in [-0.3, -0.25) is 0 Å². The molecule has 0 saturated carbocycles. The van der Waals surface area contributed by atoms with Gasteiger partial charge >= 0.3 is 0 Å². The number of halogens is 3. The fourth-order valence-corrected chi connectivity index (χ4v) is 1.59. The number of hydrogen-bond donors (Lipinski definition) is 2. The fourth-order valence-electron chi connectivity index (χ4n) is 1.43. The molecule has 0 aliphatic heterocycles. The summed E-state index contributed by atoms with van der Waals surface area (Å²) in [5.41, 5.74) is 0.0510. The molecular formula is C12H12ClF2N5. The summed E-state index contributed by atoms with van der Waals surface area (Å²) in [6.07, 6.45) is 0.888. The minimum Gasteiger partial charge on any atom is -0.354 e. The maximum Gasteiger partial charge on any atom is 0.233 e. The van der Waals surface area contributed by atoms with Gasteiger partial charge in [-0.25, -0.2) is 8.78 Å². The van der Waals surface area contributed by atoms with Crippen molar-refractivity contribution < 1.29 is 8.78 Å². The van der Waals surface area contributed by atoms with E-state index in [2.05, 4.69) is 25.6 Å². The van der Waals surface area contributed by atoms with Crippen LogP contribution in [0.25, 0.3) is 0 Å². The van der Waals surface area contributed by atoms with Crippen molar-refractivity contribution in [1.82, 2.24) is 15.0 Å². The summed E-state index contributed by atoms with van der Waals surface area (Å²) < 4.78 is 26.3. The Labute approximate surface area is 119 Å². The lowest BCUT2D eigenvalue weighted by molar-refractivity contribution is 0.586. The fraction of sp³-hybridized carbons (Fsp3) is 0.250. The molecule has 1 aromatic carbocycles. The molecule has 1 heterocycles. The third-order valence-electron chi connectivity index (χ3n) is 2.32. The van der Waals surface area contributed by atoms with Gasteiger partial charge in [-0.2, -0.15) is 15.0 Å². The SMILES string of the molecule is CCCNc1nc(Cl)nc(Nc2ccc(F)cc2F)n1. The first-order valence-electron chi connectivity index (χ1n) is 5.96. The Morgan fingerprint density at radius 3 is 2.60 bits per heavy atom. The van der Waals surface area contributed by atoms with E-state index in [1.807, 2.05) is 6.92 Å². The number of nitrogens with one attached hydrogen (secondary N) is 2. The number of rotatable bonds is 5. The molecule has 20 heavy (non-hydrogen) atoms. The molecule has 5 nitrogen and oxygen atoms in total. The average Bonchev–Trinajstić information content (AvgIpc) is 2.39. The molecular weight excluding hydrogens is 288 g/mol. The van der Waals surface area contributed by atoms with Gasteiger partial charge in [0, 0.05) is 12.6 Å². The van der Waals surface area contributed by atoms with E-state index in [9.17, 15) is 8.78 Å². The van der Waals surface area contributed by atoms with Crippen LogP contribution in [0.3, 0.4) is 0 Å². The monoisotopic (exact) mass is 299 g/mol. The van der Waals surface area contributed by atoms with Gasteiger partial charge in [-0.15, -0.1) is 0 Å². The highest BCUT2D eigenvalue weighted by atomic mass is 35.5. The molecule has 0 bridgehead atoms. The van der Waals surface area contributed by atoms with Crippen LogP contribution in [0, 0.1) is 11.6 Å². The zero-order valence-corrected chi connectivity index (χ0v) is 11.4. The number of benzene rings is 1. The number of hydrogen-bond acceptors (Lipinski definition) is 5. The minimum atomic E-state index is -0.746. The van der Waals surface area contributed by atoms with Crippen molar-refractivity contribution in [1.29, 1.82) is 0 Å². The van der Waals surface area contributed by atoms with Crippen LogP contribution in [0.1, 0.15) is 13.3 Å². The second-order valence-electron chi connectivity index (χ2n) is 3.93. The van der Waals surface area contributed by atoms with Gasteiger partial charge in [-0.1, -0.05) is 6.92 Å². The summed E-state index contributed by atoms with van der Waals surface area (Å²) in [6, 6.07) is 3.15. The van der Waals surface area contributed by atoms with Gasteiger partial charge in [0.25, 0.3) is 0 Å². The summed E-state index contributed by atoms with van der Waals surface area (Å²) >= 11 is 5.76. The van der Waals surface area contributed by atoms with Crippen molar-refractivity contribution in [3.05, 3.63) is 35.1 Å². The molecule has 0 aliphatic rings. The zero-order chi connectivity index (χ0) is 14.5. The van der Waals surface area contributed by atoms with Crippen LogP contribution in [0.2, 0.25) is 5.28 Å². The van der Waals surface area contributed by atoms with Crippen LogP contribution in [-0.2, 0) is 0 Å². The van der Waals surface area contributed by atoms with E-state index < -0.39 is 11.6 Å². The van der Waals surface area contributed by atoms with Gasteiger partial charge < -0.3 is 10.6 Å². The van der Waals surface area contributed by atoms with Crippen LogP contribution >= 0.6 is 11.6 Å². The van der Waals surface area contributed by atoms with Gasteiger partial charge in [0.2, 0.25) is 17.2 Å². The van der Waals surface area contributed by atoms with E-state index in [0.29, 0.717) is 6.54 Å². The molecule has 0 amide bonds. The maximum atomic E-state index is 13.5. The highest BCUT2D eigenvalue weighted by Gasteiger charge is 2.08. The minimum absolute atomic E-state index is 0.0244. The van der Waals surface area contributed by atoms with Crippen molar-refractivity contribution in [3.8, 4) is 0 Å². The van der Waals surface area contributed by atoms with Crippen molar-refractivity contribution in [2.45, 2.75) is 13.3 Å². The van der Waals surface area contributed by atoms with Gasteiger partial charge in [0.1, 0.15) is 11.6 Å². The Morgan fingerprint density at radius 1 is 1.15 bits per heavy atom. The van der Waals surface area contributed by atoms with Crippen molar-refractivity contribution in [2.24, 2.45) is 0 Å². The first-order valence-corrected chi connectivity index (χ1v) is 6.34. The van der Waals surface area contributed by atoms with Crippen LogP contribution in [0.5, 0.6) is 0 Å². The highest BCUT2D eigenvalue weighted by molar-refractivity contribution is 6.28. The smallest absolute Gasteiger partial charge is 0.233 e. The summed E-state index contributed by atoms with van der Waals surface area (Å²) in [4.78, 5) is 11.8. The Balaban J connectivity index is 2.21. The Hall–Kier alpha value is -2.02. The summed E-state index contributed by atoms with van der Waals surface area (Å²) in [5.74, 6) is -1.04. The normalized spacial score (nSPS) is 10.4. The first-order chi connectivity index (χ1) is 9.58. The molecule has 2 N–H and O–H groups in total. The molecule has 0 aliphatic carbocycles. The second-order valence-corrected chi connectivity index (χ2v) is 4.27. The predicted octanol–water partition coefficient (Wildman–Crippen LogP) is 3.37. The molecule has 0 radical (unpaired) electrons. The van der Waals surface area contributed by atoms with E-state index in [0.717, 1.165) is 18.6 Å². The van der Waals surface area contributed by atoms with E-state index >= 15 is 0 Å². The van der Waals surface area contributed by atoms with E-state index in [-0.39, 0.29) is 22.9 Å². The van der Waals surface area contributed by atoms with Gasteiger partial charge in [0.05, 0.1) is 5.69 Å². The van der Waals surface area contributed by atoms with E-state index in [1.165, 1.54) is 6.07 Å². The number of nitrogens with zero attached hydrogens (tertiary/aromatic N) is 3. The topological polar surface area (TPSA) is 62.7 Å². The third kappa shape index (κ3) is 3.74. The molecule has 0 fully saturated rings. The largest absolute Gasteiger partial charge is 0.354 e. The second kappa shape index (κ2) is 6.42. The lowest BCUT2D eigenvalue weighted by Gasteiger charge is -2.08. The van der Waals surface area contributed by atoms with E-state index in [4.69, 9.17) is 11.6 Å². The number of anilines is 3. The molecule has 0 spiro atoms. The average molecular weight is 300 g/mol. The van der Waals surface area contributed by atoms with Crippen LogP contribution < -0.4 is 10.6 Å². The highest BCUT2D eigenvalue weighted by Crippen LogP contribution is 2.19. The summed E-state index contributed by atoms with van der Waals surface area (Å²) in [5, 5.41) is 5.55. The van der Waals surface area contributed by atoms with Crippen molar-refractivity contribution >= 4 is 29.2 Å². The molecule has 0 unspecified atom stereocenters. The summed E-state index contributed by atoms with van der Waals surface area (Å²) in [7, 11) is 0. The predicted molar refractivity (Wildman–Crippen MR) is 73.3 cm³/mol. The molecule has 0 atom stereocenters. The first kappa shape index (κ1) is 14.4. The van der Waals surface area contributed by atoms with E-state index in [1.54, 1.807) is 0 Å². The zero-order valence-electron chi connectivity index (χ0n) is 10.6. The standard InChI is InChI=1S/C12H12ClF2N5/c1-2-5-16-11-18-10(13)19-12(20-11)17-9-4-3-7(14)6-8(9)15/h3-4,6H,2,5H2,1H3,(H2,16,17,18,19,20). The van der Waals surface area contributed by atoms with Crippen LogP contribution in [0.15, 0.2) is 18.2 Å². The van der Waals surface area contributed by atoms with Gasteiger partial charge in [-0.05, 0) is 30.2 Å².